The highest BCUT2D eigenvalue weighted by molar-refractivity contribution is 7.09. The maximum atomic E-state index is 8.52. The van der Waals surface area contributed by atoms with Gasteiger partial charge >= 0.3 is 0 Å². The smallest absolute Gasteiger partial charge is 0.0431 e. The number of thiophene rings is 1. The Morgan fingerprint density at radius 3 is 3.00 bits per heavy atom. The second-order valence-corrected chi connectivity index (χ2v) is 3.72. The maximum Gasteiger partial charge on any atom is 0.0431 e. The van der Waals surface area contributed by atoms with Crippen LogP contribution in [0.1, 0.15) is 17.7 Å². The predicted octanol–water partition coefficient (Wildman–Crippen LogP) is 1.61. The first-order valence-electron chi connectivity index (χ1n) is 4.27. The summed E-state index contributed by atoms with van der Waals surface area (Å²) in [5.74, 6) is 0. The Kier molecular flexibility index (Phi) is 4.99. The maximum absolute atomic E-state index is 8.52. The number of rotatable bonds is 6. The molecule has 1 aromatic heterocycles. The minimum atomic E-state index is 0.306. The van der Waals surface area contributed by atoms with Gasteiger partial charge in [0.15, 0.2) is 0 Å². The number of aliphatic hydroxyl groups excluding tert-OH is 1. The summed E-state index contributed by atoms with van der Waals surface area (Å²) in [6, 6.07) is 4.19. The van der Waals surface area contributed by atoms with Gasteiger partial charge in [0.2, 0.25) is 0 Å². The molecule has 2 nitrogen and oxygen atoms in total. The minimum Gasteiger partial charge on any atom is -0.396 e. The lowest BCUT2D eigenvalue weighted by atomic mass is 10.3. The van der Waals surface area contributed by atoms with Crippen LogP contribution in [0.4, 0.5) is 0 Å². The van der Waals surface area contributed by atoms with Crippen LogP contribution in [0, 0.1) is 0 Å². The Hall–Kier alpha value is -0.380. The average molecular weight is 185 g/mol. The van der Waals surface area contributed by atoms with E-state index in [-0.39, 0.29) is 0 Å². The van der Waals surface area contributed by atoms with Crippen molar-refractivity contribution in [3.63, 3.8) is 0 Å². The van der Waals surface area contributed by atoms with Crippen LogP contribution >= 0.6 is 11.3 Å². The van der Waals surface area contributed by atoms with Crippen molar-refractivity contribution in [3.8, 4) is 0 Å². The summed E-state index contributed by atoms with van der Waals surface area (Å²) in [7, 11) is 0. The van der Waals surface area contributed by atoms with Gasteiger partial charge in [-0.3, -0.25) is 0 Å². The summed E-state index contributed by atoms with van der Waals surface area (Å²) < 4.78 is 0. The van der Waals surface area contributed by atoms with Crippen molar-refractivity contribution in [3.05, 3.63) is 22.4 Å². The Morgan fingerprint density at radius 1 is 1.42 bits per heavy atom. The Balaban J connectivity index is 1.96. The predicted molar refractivity (Wildman–Crippen MR) is 52.3 cm³/mol. The quantitative estimate of drug-likeness (QED) is 0.660. The summed E-state index contributed by atoms with van der Waals surface area (Å²) >= 11 is 1.77. The zero-order valence-corrected chi connectivity index (χ0v) is 7.94. The van der Waals surface area contributed by atoms with Gasteiger partial charge in [-0.1, -0.05) is 6.07 Å². The van der Waals surface area contributed by atoms with Crippen LogP contribution in [0.3, 0.4) is 0 Å². The van der Waals surface area contributed by atoms with Gasteiger partial charge in [-0.15, -0.1) is 11.3 Å². The van der Waals surface area contributed by atoms with Crippen molar-refractivity contribution in [1.29, 1.82) is 0 Å². The van der Waals surface area contributed by atoms with Crippen LogP contribution in [-0.4, -0.2) is 18.3 Å². The van der Waals surface area contributed by atoms with Crippen molar-refractivity contribution in [2.45, 2.75) is 19.4 Å². The molecule has 1 heterocycles. The van der Waals surface area contributed by atoms with E-state index in [1.54, 1.807) is 11.3 Å². The van der Waals surface area contributed by atoms with E-state index in [0.717, 1.165) is 25.9 Å². The molecule has 12 heavy (non-hydrogen) atoms. The lowest BCUT2D eigenvalue weighted by molar-refractivity contribution is 0.283. The van der Waals surface area contributed by atoms with Gasteiger partial charge in [0.1, 0.15) is 0 Å². The van der Waals surface area contributed by atoms with E-state index in [1.165, 1.54) is 4.88 Å². The lowest BCUT2D eigenvalue weighted by Crippen LogP contribution is -2.14. The molecule has 0 amide bonds. The summed E-state index contributed by atoms with van der Waals surface area (Å²) in [6.07, 6.45) is 1.96. The first-order chi connectivity index (χ1) is 5.93. The molecular formula is C9H15NOS. The zero-order chi connectivity index (χ0) is 8.65. The molecule has 1 rings (SSSR count). The third-order valence-electron chi connectivity index (χ3n) is 1.64. The third kappa shape index (κ3) is 3.85. The van der Waals surface area contributed by atoms with Gasteiger partial charge in [0.25, 0.3) is 0 Å². The summed E-state index contributed by atoms with van der Waals surface area (Å²) in [5, 5.41) is 13.9. The molecule has 0 radical (unpaired) electrons. The Morgan fingerprint density at radius 2 is 2.33 bits per heavy atom. The Bertz CT molecular complexity index is 186. The number of hydrogen-bond acceptors (Lipinski definition) is 3. The number of hydrogen-bond donors (Lipinski definition) is 2. The molecule has 0 aliphatic carbocycles. The van der Waals surface area contributed by atoms with Crippen molar-refractivity contribution in [2.75, 3.05) is 13.2 Å². The zero-order valence-electron chi connectivity index (χ0n) is 7.12. The second kappa shape index (κ2) is 6.17. The van der Waals surface area contributed by atoms with Gasteiger partial charge in [-0.05, 0) is 30.8 Å². The van der Waals surface area contributed by atoms with Crippen LogP contribution in [-0.2, 0) is 6.54 Å². The standard InChI is InChI=1S/C9H15NOS/c11-6-2-1-5-10-8-9-4-3-7-12-9/h3-4,7,10-11H,1-2,5-6,8H2. The molecule has 0 aliphatic rings. The van der Waals surface area contributed by atoms with Crippen LogP contribution in [0.5, 0.6) is 0 Å². The van der Waals surface area contributed by atoms with Crippen molar-refractivity contribution in [2.24, 2.45) is 0 Å². The largest absolute Gasteiger partial charge is 0.396 e. The highest BCUT2D eigenvalue weighted by Crippen LogP contribution is 2.07. The molecule has 0 aromatic carbocycles. The van der Waals surface area contributed by atoms with E-state index in [4.69, 9.17) is 5.11 Å². The van der Waals surface area contributed by atoms with E-state index in [2.05, 4.69) is 22.8 Å². The van der Waals surface area contributed by atoms with Crippen LogP contribution < -0.4 is 5.32 Å². The number of unbranched alkanes of at least 4 members (excludes halogenated alkanes) is 1. The molecular weight excluding hydrogens is 170 g/mol. The van der Waals surface area contributed by atoms with Gasteiger partial charge < -0.3 is 10.4 Å². The first-order valence-corrected chi connectivity index (χ1v) is 5.15. The van der Waals surface area contributed by atoms with Crippen molar-refractivity contribution < 1.29 is 5.11 Å². The fourth-order valence-corrected chi connectivity index (χ4v) is 1.66. The summed E-state index contributed by atoms with van der Waals surface area (Å²) in [4.78, 5) is 1.37. The molecule has 1 aromatic rings. The summed E-state index contributed by atoms with van der Waals surface area (Å²) in [6.45, 7) is 2.27. The highest BCUT2D eigenvalue weighted by atomic mass is 32.1. The Labute approximate surface area is 77.2 Å². The molecule has 0 atom stereocenters. The van der Waals surface area contributed by atoms with Gasteiger partial charge in [-0.25, -0.2) is 0 Å². The molecule has 3 heteroatoms. The molecule has 0 aliphatic heterocycles. The molecule has 0 saturated carbocycles. The molecule has 68 valence electrons. The van der Waals surface area contributed by atoms with Crippen LogP contribution in [0.25, 0.3) is 0 Å². The average Bonchev–Trinajstić information content (AvgIpc) is 2.57. The SMILES string of the molecule is OCCCCNCc1cccs1. The molecule has 0 bridgehead atoms. The minimum absolute atomic E-state index is 0.306. The van der Waals surface area contributed by atoms with Gasteiger partial charge in [0.05, 0.1) is 0 Å². The monoisotopic (exact) mass is 185 g/mol. The molecule has 0 fully saturated rings. The first kappa shape index (κ1) is 9.71. The molecule has 0 unspecified atom stereocenters. The second-order valence-electron chi connectivity index (χ2n) is 2.69. The fourth-order valence-electron chi connectivity index (χ4n) is 0.987. The molecule has 0 saturated heterocycles. The number of aliphatic hydroxyl groups is 1. The molecule has 2 N–H and O–H groups in total. The highest BCUT2D eigenvalue weighted by Gasteiger charge is 1.91. The number of nitrogens with one attached hydrogen (secondary N) is 1. The third-order valence-corrected chi connectivity index (χ3v) is 2.52. The molecule has 0 spiro atoms. The van der Waals surface area contributed by atoms with Crippen LogP contribution in [0.2, 0.25) is 0 Å². The normalized spacial score (nSPS) is 10.4. The van der Waals surface area contributed by atoms with Crippen molar-refractivity contribution in [1.82, 2.24) is 5.32 Å². The van der Waals surface area contributed by atoms with Gasteiger partial charge in [0, 0.05) is 18.0 Å². The van der Waals surface area contributed by atoms with E-state index in [1.807, 2.05) is 0 Å². The van der Waals surface area contributed by atoms with E-state index >= 15 is 0 Å². The summed E-state index contributed by atoms with van der Waals surface area (Å²) in [5.41, 5.74) is 0. The fraction of sp³-hybridized carbons (Fsp3) is 0.556. The topological polar surface area (TPSA) is 32.3 Å². The van der Waals surface area contributed by atoms with E-state index in [0.29, 0.717) is 6.61 Å². The lowest BCUT2D eigenvalue weighted by Gasteiger charge is -2.00. The van der Waals surface area contributed by atoms with Crippen molar-refractivity contribution >= 4 is 11.3 Å². The van der Waals surface area contributed by atoms with E-state index < -0.39 is 0 Å². The van der Waals surface area contributed by atoms with E-state index in [9.17, 15) is 0 Å². The van der Waals surface area contributed by atoms with Crippen LogP contribution in [0.15, 0.2) is 17.5 Å². The van der Waals surface area contributed by atoms with Gasteiger partial charge in [-0.2, -0.15) is 0 Å².